The van der Waals surface area contributed by atoms with Gasteiger partial charge in [0.1, 0.15) is 0 Å². The Labute approximate surface area is 91.3 Å². The molecule has 0 aliphatic carbocycles. The third kappa shape index (κ3) is 4.75. The quantitative estimate of drug-likeness (QED) is 0.683. The fourth-order valence-electron chi connectivity index (χ4n) is 1.69. The Kier molecular flexibility index (Phi) is 5.71. The molecule has 0 aliphatic rings. The zero-order valence-electron chi connectivity index (χ0n) is 9.11. The van der Waals surface area contributed by atoms with Gasteiger partial charge in [0, 0.05) is 20.1 Å². The van der Waals surface area contributed by atoms with Crippen molar-refractivity contribution >= 4 is 6.29 Å². The van der Waals surface area contributed by atoms with Crippen molar-refractivity contribution < 1.29 is 9.53 Å². The highest BCUT2D eigenvalue weighted by molar-refractivity contribution is 5.50. The first-order chi connectivity index (χ1) is 7.36. The number of carbonyl (C=O) groups excluding carboxylic acids is 1. The van der Waals surface area contributed by atoms with Crippen LogP contribution in [0.1, 0.15) is 18.4 Å². The Morgan fingerprint density at radius 1 is 1.33 bits per heavy atom. The smallest absolute Gasteiger partial charge is 0.198 e. The van der Waals surface area contributed by atoms with E-state index in [0.29, 0.717) is 18.9 Å². The normalized spacial score (nSPS) is 12.3. The van der Waals surface area contributed by atoms with Gasteiger partial charge in [0.2, 0.25) is 0 Å². The minimum absolute atomic E-state index is 0.416. The summed E-state index contributed by atoms with van der Waals surface area (Å²) in [7, 11) is 1.70. The minimum Gasteiger partial charge on any atom is -0.384 e. The highest BCUT2D eigenvalue weighted by atomic mass is 16.5. The van der Waals surface area contributed by atoms with E-state index in [2.05, 4.69) is 12.1 Å². The molecule has 0 spiro atoms. The summed E-state index contributed by atoms with van der Waals surface area (Å²) < 4.78 is 5.14. The molecule has 81 valence electrons. The largest absolute Gasteiger partial charge is 0.384 e. The summed E-state index contributed by atoms with van der Waals surface area (Å²) in [6.45, 7) is 0.705. The SMILES string of the molecule is COCC(CC[C]=O)Cc1ccccc1. The van der Waals surface area contributed by atoms with Crippen molar-refractivity contribution in [3.63, 3.8) is 0 Å². The highest BCUT2D eigenvalue weighted by Crippen LogP contribution is 2.13. The van der Waals surface area contributed by atoms with E-state index in [9.17, 15) is 4.79 Å². The van der Waals surface area contributed by atoms with Crippen LogP contribution in [0, 0.1) is 5.92 Å². The molecule has 0 fully saturated rings. The maximum absolute atomic E-state index is 10.2. The fraction of sp³-hybridized carbons (Fsp3) is 0.462. The summed E-state index contributed by atoms with van der Waals surface area (Å²) in [5.41, 5.74) is 1.30. The van der Waals surface area contributed by atoms with Crippen molar-refractivity contribution in [1.29, 1.82) is 0 Å². The number of hydrogen-bond donors (Lipinski definition) is 0. The lowest BCUT2D eigenvalue weighted by atomic mass is 9.96. The first kappa shape index (κ1) is 11.9. The van der Waals surface area contributed by atoms with Crippen LogP contribution in [0.2, 0.25) is 0 Å². The van der Waals surface area contributed by atoms with Crippen LogP contribution >= 0.6 is 0 Å². The van der Waals surface area contributed by atoms with Crippen molar-refractivity contribution in [2.45, 2.75) is 19.3 Å². The van der Waals surface area contributed by atoms with Crippen molar-refractivity contribution in [1.82, 2.24) is 0 Å². The Morgan fingerprint density at radius 2 is 2.07 bits per heavy atom. The zero-order valence-corrected chi connectivity index (χ0v) is 9.11. The molecule has 2 heteroatoms. The van der Waals surface area contributed by atoms with Gasteiger partial charge in [0.25, 0.3) is 0 Å². The molecule has 0 bridgehead atoms. The maximum Gasteiger partial charge on any atom is 0.198 e. The number of ether oxygens (including phenoxy) is 1. The number of benzene rings is 1. The molecular formula is C13H17O2. The van der Waals surface area contributed by atoms with Crippen molar-refractivity contribution in [2.24, 2.45) is 5.92 Å². The van der Waals surface area contributed by atoms with E-state index in [4.69, 9.17) is 4.74 Å². The van der Waals surface area contributed by atoms with Gasteiger partial charge in [0.15, 0.2) is 6.29 Å². The predicted molar refractivity (Wildman–Crippen MR) is 60.4 cm³/mol. The van der Waals surface area contributed by atoms with Crippen LogP contribution in [0.4, 0.5) is 0 Å². The average Bonchev–Trinajstić information content (AvgIpc) is 2.28. The van der Waals surface area contributed by atoms with Gasteiger partial charge in [-0.1, -0.05) is 30.3 Å². The minimum atomic E-state index is 0.416. The molecule has 1 radical (unpaired) electrons. The third-order valence-corrected chi connectivity index (χ3v) is 2.42. The monoisotopic (exact) mass is 205 g/mol. The molecule has 0 saturated carbocycles. The summed E-state index contributed by atoms with van der Waals surface area (Å²) >= 11 is 0. The molecule has 1 unspecified atom stereocenters. The van der Waals surface area contributed by atoms with Crippen molar-refractivity contribution in [2.75, 3.05) is 13.7 Å². The van der Waals surface area contributed by atoms with E-state index in [1.807, 2.05) is 24.5 Å². The fourth-order valence-corrected chi connectivity index (χ4v) is 1.69. The first-order valence-electron chi connectivity index (χ1n) is 5.24. The van der Waals surface area contributed by atoms with Gasteiger partial charge in [-0.15, -0.1) is 0 Å². The van der Waals surface area contributed by atoms with Crippen LogP contribution in [0.25, 0.3) is 0 Å². The second kappa shape index (κ2) is 7.18. The maximum atomic E-state index is 10.2. The Balaban J connectivity index is 2.46. The van der Waals surface area contributed by atoms with Crippen LogP contribution < -0.4 is 0 Å². The van der Waals surface area contributed by atoms with Crippen molar-refractivity contribution in [3.05, 3.63) is 35.9 Å². The molecular weight excluding hydrogens is 188 g/mol. The van der Waals surface area contributed by atoms with Crippen LogP contribution in [0.15, 0.2) is 30.3 Å². The van der Waals surface area contributed by atoms with Crippen LogP contribution in [-0.4, -0.2) is 20.0 Å². The molecule has 1 rings (SSSR count). The Hall–Kier alpha value is -1.15. The van der Waals surface area contributed by atoms with E-state index < -0.39 is 0 Å². The first-order valence-corrected chi connectivity index (χ1v) is 5.24. The van der Waals surface area contributed by atoms with E-state index in [1.165, 1.54) is 5.56 Å². The van der Waals surface area contributed by atoms with E-state index in [1.54, 1.807) is 7.11 Å². The van der Waals surface area contributed by atoms with Gasteiger partial charge < -0.3 is 4.74 Å². The second-order valence-electron chi connectivity index (χ2n) is 3.69. The number of methoxy groups -OCH3 is 1. The Bertz CT molecular complexity index is 269. The van der Waals surface area contributed by atoms with Crippen molar-refractivity contribution in [3.8, 4) is 0 Å². The van der Waals surface area contributed by atoms with Gasteiger partial charge in [-0.3, -0.25) is 4.79 Å². The molecule has 2 nitrogen and oxygen atoms in total. The second-order valence-corrected chi connectivity index (χ2v) is 3.69. The standard InChI is InChI=1S/C13H17O2/c1-15-11-13(8-5-9-14)10-12-6-3-2-4-7-12/h2-4,6-7,13H,5,8,10-11H2,1H3. The van der Waals surface area contributed by atoms with Gasteiger partial charge in [-0.2, -0.15) is 0 Å². The van der Waals surface area contributed by atoms with Crippen LogP contribution in [0.5, 0.6) is 0 Å². The van der Waals surface area contributed by atoms with E-state index in [-0.39, 0.29) is 0 Å². The summed E-state index contributed by atoms with van der Waals surface area (Å²) in [5.74, 6) is 0.416. The summed E-state index contributed by atoms with van der Waals surface area (Å²) in [5, 5.41) is 0. The third-order valence-electron chi connectivity index (χ3n) is 2.42. The average molecular weight is 205 g/mol. The molecule has 0 aromatic heterocycles. The molecule has 0 amide bonds. The molecule has 0 aliphatic heterocycles. The molecule has 0 N–H and O–H groups in total. The Morgan fingerprint density at radius 3 is 2.67 bits per heavy atom. The van der Waals surface area contributed by atoms with Gasteiger partial charge in [-0.25, -0.2) is 0 Å². The predicted octanol–water partition coefficient (Wildman–Crippen LogP) is 2.38. The number of rotatable bonds is 7. The lowest BCUT2D eigenvalue weighted by Gasteiger charge is -2.14. The molecule has 1 atom stereocenters. The molecule has 0 saturated heterocycles. The van der Waals surface area contributed by atoms with Crippen LogP contribution in [0.3, 0.4) is 0 Å². The number of hydrogen-bond acceptors (Lipinski definition) is 2. The molecule has 1 aromatic rings. The lowest BCUT2D eigenvalue weighted by molar-refractivity contribution is 0.148. The van der Waals surface area contributed by atoms with E-state index >= 15 is 0 Å². The molecule has 15 heavy (non-hydrogen) atoms. The lowest BCUT2D eigenvalue weighted by Crippen LogP contribution is -2.11. The molecule has 1 aromatic carbocycles. The summed E-state index contributed by atoms with van der Waals surface area (Å²) in [4.78, 5) is 10.2. The van der Waals surface area contributed by atoms with Gasteiger partial charge >= 0.3 is 0 Å². The topological polar surface area (TPSA) is 26.3 Å². The summed E-state index contributed by atoms with van der Waals surface area (Å²) in [6.07, 6.45) is 4.26. The highest BCUT2D eigenvalue weighted by Gasteiger charge is 2.09. The van der Waals surface area contributed by atoms with Crippen LogP contribution in [-0.2, 0) is 16.0 Å². The zero-order chi connectivity index (χ0) is 10.9. The summed E-state index contributed by atoms with van der Waals surface area (Å²) in [6, 6.07) is 10.3. The van der Waals surface area contributed by atoms with E-state index in [0.717, 1.165) is 12.8 Å². The molecule has 0 heterocycles. The van der Waals surface area contributed by atoms with Gasteiger partial charge in [0.05, 0.1) is 0 Å². The van der Waals surface area contributed by atoms with Gasteiger partial charge in [-0.05, 0) is 24.3 Å².